The summed E-state index contributed by atoms with van der Waals surface area (Å²) >= 11 is 0. The number of phosphoric acid groups is 1. The van der Waals surface area contributed by atoms with Crippen LogP contribution in [0, 0.1) is 0 Å². The lowest BCUT2D eigenvalue weighted by molar-refractivity contribution is -0.147. The largest absolute Gasteiger partial charge is 0.480 e. The van der Waals surface area contributed by atoms with E-state index in [9.17, 15) is 34.1 Å². The Morgan fingerprint density at radius 1 is 0.627 bits per heavy atom. The van der Waals surface area contributed by atoms with Crippen molar-refractivity contribution in [2.24, 2.45) is 0 Å². The van der Waals surface area contributed by atoms with Crippen molar-refractivity contribution in [3.63, 3.8) is 0 Å². The van der Waals surface area contributed by atoms with E-state index < -0.39 is 57.6 Å². The second kappa shape index (κ2) is 34.8. The number of nitrogens with one attached hydrogen (secondary N) is 1. The summed E-state index contributed by atoms with van der Waals surface area (Å²) in [5.74, 6) is -2.40. The van der Waals surface area contributed by atoms with Gasteiger partial charge in [0.15, 0.2) is 6.04 Å². The van der Waals surface area contributed by atoms with Gasteiger partial charge in [-0.25, -0.2) is 9.36 Å². The summed E-state index contributed by atoms with van der Waals surface area (Å²) in [6, 6.07) is -1.55. The molecule has 0 aromatic rings. The molecule has 1 amide bonds. The smallest absolute Gasteiger partial charge is 0.472 e. The first-order chi connectivity index (χ1) is 24.6. The Labute approximate surface area is 308 Å². The highest BCUT2D eigenvalue weighted by Crippen LogP contribution is 2.43. The molecule has 3 unspecified atom stereocenters. The highest BCUT2D eigenvalue weighted by molar-refractivity contribution is 7.47. The number of carbonyl (C=O) groups is 3. The van der Waals surface area contributed by atoms with E-state index in [1.54, 1.807) is 0 Å². The molecule has 0 aromatic heterocycles. The molecule has 0 saturated heterocycles. The number of carbonyl (C=O) groups excluding carboxylic acids is 2. The Morgan fingerprint density at radius 3 is 1.69 bits per heavy atom. The van der Waals surface area contributed by atoms with Gasteiger partial charge in [-0.15, -0.1) is 0 Å². The Morgan fingerprint density at radius 2 is 1.12 bits per heavy atom. The number of hydrogen-bond donors (Lipinski definition) is 4. The number of carboxylic acid groups (broad SMARTS) is 1. The molecule has 11 nitrogen and oxygen atoms in total. The van der Waals surface area contributed by atoms with Crippen molar-refractivity contribution in [3.05, 3.63) is 36.5 Å². The number of allylic oxidation sites excluding steroid dienone is 6. The van der Waals surface area contributed by atoms with Gasteiger partial charge in [0.1, 0.15) is 12.7 Å². The van der Waals surface area contributed by atoms with Gasteiger partial charge in [0.05, 0.1) is 13.2 Å². The molecule has 0 heterocycles. The molecule has 12 heteroatoms. The Kier molecular flexibility index (Phi) is 33.2. The molecule has 0 radical (unpaired) electrons. The van der Waals surface area contributed by atoms with Crippen molar-refractivity contribution in [1.29, 1.82) is 0 Å². The van der Waals surface area contributed by atoms with E-state index in [0.29, 0.717) is 12.8 Å². The summed E-state index contributed by atoms with van der Waals surface area (Å²) in [5, 5.41) is 21.7. The Balaban J connectivity index is 3.94. The average molecular weight is 744 g/mol. The second-order valence-electron chi connectivity index (χ2n) is 13.1. The van der Waals surface area contributed by atoms with Crippen molar-refractivity contribution in [1.82, 2.24) is 5.32 Å². The van der Waals surface area contributed by atoms with Gasteiger partial charge < -0.3 is 25.2 Å². The first kappa shape index (κ1) is 48.7. The molecule has 0 spiro atoms. The predicted octanol–water partition coefficient (Wildman–Crippen LogP) is 9.27. The fourth-order valence-electron chi connectivity index (χ4n) is 5.05. The third kappa shape index (κ3) is 34.5. The molecule has 0 saturated carbocycles. The van der Waals surface area contributed by atoms with Gasteiger partial charge in [-0.2, -0.15) is 0 Å². The first-order valence-corrected chi connectivity index (χ1v) is 21.0. The van der Waals surface area contributed by atoms with Crippen LogP contribution in [-0.4, -0.2) is 64.9 Å². The van der Waals surface area contributed by atoms with Gasteiger partial charge in [0.2, 0.25) is 5.91 Å². The van der Waals surface area contributed by atoms with Crippen LogP contribution < -0.4 is 5.32 Å². The summed E-state index contributed by atoms with van der Waals surface area (Å²) in [4.78, 5) is 45.6. The predicted molar refractivity (Wildman–Crippen MR) is 203 cm³/mol. The number of ether oxygens (including phenoxy) is 1. The van der Waals surface area contributed by atoms with Crippen LogP contribution in [0.3, 0.4) is 0 Å². The summed E-state index contributed by atoms with van der Waals surface area (Å²) in [5.41, 5.74) is 0. The molecule has 0 aliphatic heterocycles. The quantitative estimate of drug-likeness (QED) is 0.0210. The molecular formula is C39H70NO10P. The molecule has 0 rings (SSSR count). The number of unbranched alkanes of at least 4 members (excludes halogenated alkanes) is 16. The van der Waals surface area contributed by atoms with Crippen molar-refractivity contribution in [2.75, 3.05) is 19.8 Å². The van der Waals surface area contributed by atoms with Crippen LogP contribution in [0.25, 0.3) is 0 Å². The van der Waals surface area contributed by atoms with Gasteiger partial charge in [-0.3, -0.25) is 18.6 Å². The molecule has 0 fully saturated rings. The molecule has 296 valence electrons. The molecule has 3 atom stereocenters. The van der Waals surface area contributed by atoms with Crippen molar-refractivity contribution in [2.45, 2.75) is 174 Å². The standard InChI is InChI=1S/C39H70NO10P/c1-3-5-7-9-11-13-15-16-17-18-19-20-21-23-25-27-29-31-38(43)48-32-35(41)33-49-51(46,47)50-34-36(39(44)45)40-37(42)30-28-26-24-22-14-12-10-8-6-4-2/h8,10-11,13,16-17,35-36,41H,3-7,9,12,14-15,18-34H2,1-2H3,(H,40,42)(H,44,45)(H,46,47)/b10-8-,13-11-,17-16-. The molecular weight excluding hydrogens is 673 g/mol. The number of amides is 1. The van der Waals surface area contributed by atoms with E-state index in [1.807, 2.05) is 0 Å². The summed E-state index contributed by atoms with van der Waals surface area (Å²) in [6.07, 6.45) is 34.7. The number of carboxylic acids is 1. The maximum Gasteiger partial charge on any atom is 0.472 e. The normalized spacial score (nSPS) is 14.3. The maximum atomic E-state index is 12.2. The topological polar surface area (TPSA) is 169 Å². The zero-order chi connectivity index (χ0) is 37.8. The molecule has 4 N–H and O–H groups in total. The minimum atomic E-state index is -4.75. The highest BCUT2D eigenvalue weighted by Gasteiger charge is 2.28. The minimum Gasteiger partial charge on any atom is -0.480 e. The van der Waals surface area contributed by atoms with Crippen LogP contribution in [0.15, 0.2) is 36.5 Å². The third-order valence-corrected chi connectivity index (χ3v) is 9.08. The number of aliphatic carboxylic acids is 1. The van der Waals surface area contributed by atoms with E-state index >= 15 is 0 Å². The molecule has 0 aliphatic carbocycles. The zero-order valence-electron chi connectivity index (χ0n) is 31.7. The van der Waals surface area contributed by atoms with E-state index in [1.165, 1.54) is 44.9 Å². The van der Waals surface area contributed by atoms with Crippen LogP contribution in [0.5, 0.6) is 0 Å². The van der Waals surface area contributed by atoms with Gasteiger partial charge >= 0.3 is 19.8 Å². The van der Waals surface area contributed by atoms with Crippen LogP contribution >= 0.6 is 7.82 Å². The summed E-state index contributed by atoms with van der Waals surface area (Å²) in [7, 11) is -4.75. The van der Waals surface area contributed by atoms with E-state index in [-0.39, 0.29) is 12.8 Å². The van der Waals surface area contributed by atoms with Gasteiger partial charge in [0, 0.05) is 12.8 Å². The maximum absolute atomic E-state index is 12.2. The van der Waals surface area contributed by atoms with Crippen LogP contribution in [0.2, 0.25) is 0 Å². The lowest BCUT2D eigenvalue weighted by Crippen LogP contribution is -2.43. The number of aliphatic hydroxyl groups is 1. The number of esters is 1. The van der Waals surface area contributed by atoms with Gasteiger partial charge in [-0.05, 0) is 64.2 Å². The Bertz CT molecular complexity index is 1020. The number of rotatable bonds is 36. The van der Waals surface area contributed by atoms with Gasteiger partial charge in [-0.1, -0.05) is 121 Å². The number of phosphoric ester groups is 1. The minimum absolute atomic E-state index is 0.134. The lowest BCUT2D eigenvalue weighted by atomic mass is 10.1. The van der Waals surface area contributed by atoms with Crippen LogP contribution in [0.4, 0.5) is 0 Å². The Hall–Kier alpha value is -2.30. The average Bonchev–Trinajstić information content (AvgIpc) is 3.10. The van der Waals surface area contributed by atoms with Gasteiger partial charge in [0.25, 0.3) is 0 Å². The van der Waals surface area contributed by atoms with E-state index in [4.69, 9.17) is 13.8 Å². The molecule has 0 bridgehead atoms. The highest BCUT2D eigenvalue weighted by atomic mass is 31.2. The molecule has 0 aliphatic rings. The fraction of sp³-hybridized carbons (Fsp3) is 0.769. The van der Waals surface area contributed by atoms with Crippen molar-refractivity contribution < 1.29 is 47.8 Å². The fourth-order valence-corrected chi connectivity index (χ4v) is 5.82. The summed E-state index contributed by atoms with van der Waals surface area (Å²) < 4.78 is 26.7. The lowest BCUT2D eigenvalue weighted by Gasteiger charge is -2.18. The first-order valence-electron chi connectivity index (χ1n) is 19.5. The zero-order valence-corrected chi connectivity index (χ0v) is 32.5. The third-order valence-electron chi connectivity index (χ3n) is 8.13. The second-order valence-corrected chi connectivity index (χ2v) is 14.6. The number of hydrogen-bond acceptors (Lipinski definition) is 8. The number of aliphatic hydroxyl groups excluding tert-OH is 1. The van der Waals surface area contributed by atoms with Crippen molar-refractivity contribution >= 4 is 25.7 Å². The van der Waals surface area contributed by atoms with E-state index in [2.05, 4.69) is 55.6 Å². The van der Waals surface area contributed by atoms with Crippen LogP contribution in [0.1, 0.15) is 162 Å². The SMILES string of the molecule is CCC/C=C\CCCCCCCC(=O)NC(COP(=O)(O)OCC(O)COC(=O)CCCCCCCCC/C=C\C/C=C\CCCCC)C(=O)O. The van der Waals surface area contributed by atoms with Crippen LogP contribution in [-0.2, 0) is 32.7 Å². The molecule has 0 aromatic carbocycles. The summed E-state index contributed by atoms with van der Waals surface area (Å²) in [6.45, 7) is 2.46. The molecule has 51 heavy (non-hydrogen) atoms. The van der Waals surface area contributed by atoms with Crippen molar-refractivity contribution in [3.8, 4) is 0 Å². The monoisotopic (exact) mass is 743 g/mol. The van der Waals surface area contributed by atoms with E-state index in [0.717, 1.165) is 77.0 Å².